The molecule has 10 nitrogen and oxygen atoms in total. The fraction of sp³-hybridized carbons (Fsp3) is 0.375. The largest absolute Gasteiger partial charge is 0.359 e. The lowest BCUT2D eigenvalue weighted by atomic mass is 9.93. The Labute approximate surface area is 266 Å². The van der Waals surface area contributed by atoms with Crippen LogP contribution >= 0.6 is 23.7 Å². The van der Waals surface area contributed by atoms with Crippen LogP contribution < -0.4 is 16.0 Å². The fourth-order valence-corrected chi connectivity index (χ4v) is 6.31. The van der Waals surface area contributed by atoms with Crippen molar-refractivity contribution >= 4 is 62.4 Å². The molecule has 0 atom stereocenters. The lowest BCUT2D eigenvalue weighted by Gasteiger charge is -2.14. The van der Waals surface area contributed by atoms with Crippen LogP contribution in [0.2, 0.25) is 0 Å². The van der Waals surface area contributed by atoms with Gasteiger partial charge in [-0.3, -0.25) is 14.5 Å². The molecule has 5 aromatic rings. The molecule has 0 aliphatic carbocycles. The number of urea groups is 1. The monoisotopic (exact) mass is 635 g/mol. The number of anilines is 2. The van der Waals surface area contributed by atoms with E-state index >= 15 is 0 Å². The van der Waals surface area contributed by atoms with E-state index < -0.39 is 6.03 Å². The molecule has 1 aliphatic rings. The molecular weight excluding hydrogens is 598 g/mol. The summed E-state index contributed by atoms with van der Waals surface area (Å²) in [5.74, 6) is 1.17. The smallest absolute Gasteiger partial charge is 0.324 e. The Morgan fingerprint density at radius 2 is 1.80 bits per heavy atom. The first-order valence-electron chi connectivity index (χ1n) is 14.8. The highest BCUT2D eigenvalue weighted by Crippen LogP contribution is 2.31. The Hall–Kier alpha value is -3.93. The Bertz CT molecular complexity index is 1750. The fourth-order valence-electron chi connectivity index (χ4n) is 5.24. The van der Waals surface area contributed by atoms with E-state index in [0.29, 0.717) is 30.1 Å². The molecule has 0 spiro atoms. The molecular formula is C32H38ClN7O3S. The molecule has 3 N–H and O–H groups in total. The van der Waals surface area contributed by atoms with Crippen LogP contribution in [0, 0.1) is 0 Å². The number of aryl methyl sites for hydroxylation is 1. The van der Waals surface area contributed by atoms with E-state index in [1.54, 1.807) is 17.4 Å². The van der Waals surface area contributed by atoms with Crippen molar-refractivity contribution in [3.8, 4) is 11.3 Å². The molecule has 0 bridgehead atoms. The van der Waals surface area contributed by atoms with Crippen LogP contribution in [0.15, 0.2) is 59.3 Å². The zero-order valence-electron chi connectivity index (χ0n) is 25.2. The number of thiazole rings is 1. The molecule has 1 saturated heterocycles. The minimum absolute atomic E-state index is 0. The van der Waals surface area contributed by atoms with Gasteiger partial charge in [0.2, 0.25) is 5.91 Å². The van der Waals surface area contributed by atoms with Crippen molar-refractivity contribution in [3.63, 3.8) is 0 Å². The SMILES string of the molecule is CC(C)(C)c1cc(NC(=O)Nc2ccc(-c3cn4c(n3)sc3cc(CCC(=O)NCCN5CCCC5)ccc34)cc2)no1.Cl. The minimum Gasteiger partial charge on any atom is -0.359 e. The van der Waals surface area contributed by atoms with Gasteiger partial charge in [-0.05, 0) is 62.2 Å². The number of aromatic nitrogens is 3. The lowest BCUT2D eigenvalue weighted by molar-refractivity contribution is -0.121. The first-order chi connectivity index (χ1) is 20.7. The summed E-state index contributed by atoms with van der Waals surface area (Å²) in [6.07, 6.45) is 5.77. The number of amides is 3. The maximum atomic E-state index is 12.4. The second-order valence-corrected chi connectivity index (χ2v) is 13.1. The van der Waals surface area contributed by atoms with E-state index in [-0.39, 0.29) is 23.7 Å². The first kappa shape index (κ1) is 31.5. The van der Waals surface area contributed by atoms with E-state index in [0.717, 1.165) is 58.2 Å². The van der Waals surface area contributed by atoms with Crippen LogP contribution in [0.4, 0.5) is 16.3 Å². The second kappa shape index (κ2) is 13.4. The highest BCUT2D eigenvalue weighted by atomic mass is 35.5. The van der Waals surface area contributed by atoms with Crippen LogP contribution in [-0.4, -0.2) is 57.6 Å². The summed E-state index contributed by atoms with van der Waals surface area (Å²) in [6.45, 7) is 10.0. The molecule has 3 aromatic heterocycles. The van der Waals surface area contributed by atoms with Crippen molar-refractivity contribution in [1.82, 2.24) is 24.8 Å². The number of likely N-dealkylation sites (tertiary alicyclic amines) is 1. The number of imidazole rings is 1. The summed E-state index contributed by atoms with van der Waals surface area (Å²) >= 11 is 1.64. The quantitative estimate of drug-likeness (QED) is 0.166. The summed E-state index contributed by atoms with van der Waals surface area (Å²) in [6, 6.07) is 15.3. The number of halogens is 1. The van der Waals surface area contributed by atoms with Gasteiger partial charge in [-0.2, -0.15) is 0 Å². The standard InChI is InChI=1S/C32H37N7O3S.ClH/c1-32(2,3)27-19-28(37-42-27)36-30(41)34-23-10-8-22(9-11-23)24-20-39-25-12-6-21(18-26(25)43-31(39)35-24)7-13-29(40)33-14-17-38-15-4-5-16-38;/h6,8-12,18-20H,4-5,7,13-17H2,1-3H3,(H,33,40)(H2,34,36,37,41);1H. The highest BCUT2D eigenvalue weighted by molar-refractivity contribution is 7.23. The molecule has 1 fully saturated rings. The molecule has 12 heteroatoms. The van der Waals surface area contributed by atoms with Crippen LogP contribution in [0.25, 0.3) is 26.4 Å². The molecule has 0 radical (unpaired) electrons. The van der Waals surface area contributed by atoms with Gasteiger partial charge in [0.25, 0.3) is 0 Å². The van der Waals surface area contributed by atoms with Crippen molar-refractivity contribution in [3.05, 3.63) is 66.1 Å². The van der Waals surface area contributed by atoms with Gasteiger partial charge < -0.3 is 20.1 Å². The Kier molecular flexibility index (Phi) is 9.57. The first-order valence-corrected chi connectivity index (χ1v) is 15.6. The van der Waals surface area contributed by atoms with Crippen LogP contribution in [0.5, 0.6) is 0 Å². The van der Waals surface area contributed by atoms with E-state index in [1.165, 1.54) is 12.8 Å². The van der Waals surface area contributed by atoms with Gasteiger partial charge >= 0.3 is 6.03 Å². The third-order valence-electron chi connectivity index (χ3n) is 7.68. The number of rotatable bonds is 9. The zero-order chi connectivity index (χ0) is 30.0. The maximum absolute atomic E-state index is 12.4. The number of carbonyl (C=O) groups excluding carboxylic acids is 2. The topological polar surface area (TPSA) is 117 Å². The summed E-state index contributed by atoms with van der Waals surface area (Å²) in [5, 5.41) is 12.5. The number of benzene rings is 2. The predicted octanol–water partition coefficient (Wildman–Crippen LogP) is 6.71. The number of nitrogens with one attached hydrogen (secondary N) is 3. The number of nitrogens with zero attached hydrogens (tertiary/aromatic N) is 4. The highest BCUT2D eigenvalue weighted by Gasteiger charge is 2.20. The van der Waals surface area contributed by atoms with Crippen molar-refractivity contribution in [2.24, 2.45) is 0 Å². The van der Waals surface area contributed by atoms with Crippen LogP contribution in [-0.2, 0) is 16.6 Å². The van der Waals surface area contributed by atoms with Crippen molar-refractivity contribution in [2.45, 2.75) is 51.9 Å². The third kappa shape index (κ3) is 7.40. The maximum Gasteiger partial charge on any atom is 0.324 e. The van der Waals surface area contributed by atoms with Gasteiger partial charge in [0.15, 0.2) is 10.8 Å². The molecule has 1 aliphatic heterocycles. The van der Waals surface area contributed by atoms with Gasteiger partial charge in [0, 0.05) is 48.4 Å². The summed E-state index contributed by atoms with van der Waals surface area (Å²) in [4.78, 5) is 33.0. The number of carbonyl (C=O) groups is 2. The third-order valence-corrected chi connectivity index (χ3v) is 8.70. The molecule has 4 heterocycles. The Morgan fingerprint density at radius 1 is 1.02 bits per heavy atom. The minimum atomic E-state index is -0.395. The molecule has 44 heavy (non-hydrogen) atoms. The molecule has 0 saturated carbocycles. The normalized spacial score (nSPS) is 13.7. The molecule has 6 rings (SSSR count). The van der Waals surface area contributed by atoms with Gasteiger partial charge in [-0.25, -0.2) is 9.78 Å². The average Bonchev–Trinajstić information content (AvgIpc) is 3.77. The summed E-state index contributed by atoms with van der Waals surface area (Å²) < 4.78 is 8.58. The zero-order valence-corrected chi connectivity index (χ0v) is 26.8. The number of fused-ring (bicyclic) bond motifs is 3. The Balaban J connectivity index is 0.00000384. The van der Waals surface area contributed by atoms with E-state index in [9.17, 15) is 9.59 Å². The molecule has 0 unspecified atom stereocenters. The predicted molar refractivity (Wildman–Crippen MR) is 178 cm³/mol. The van der Waals surface area contributed by atoms with Crippen molar-refractivity contribution < 1.29 is 14.1 Å². The van der Waals surface area contributed by atoms with Crippen LogP contribution in [0.1, 0.15) is 51.4 Å². The van der Waals surface area contributed by atoms with Gasteiger partial charge in [-0.15, -0.1) is 12.4 Å². The second-order valence-electron chi connectivity index (χ2n) is 12.1. The van der Waals surface area contributed by atoms with Gasteiger partial charge in [-0.1, -0.05) is 55.5 Å². The number of hydrogen-bond acceptors (Lipinski definition) is 7. The van der Waals surface area contributed by atoms with E-state index in [2.05, 4.69) is 48.6 Å². The molecule has 232 valence electrons. The summed E-state index contributed by atoms with van der Waals surface area (Å²) in [7, 11) is 0. The van der Waals surface area contributed by atoms with Crippen molar-refractivity contribution in [1.29, 1.82) is 0 Å². The molecule has 2 aromatic carbocycles. The summed E-state index contributed by atoms with van der Waals surface area (Å²) in [5.41, 5.74) is 4.51. The molecule has 3 amide bonds. The number of hydrogen-bond donors (Lipinski definition) is 3. The lowest BCUT2D eigenvalue weighted by Crippen LogP contribution is -2.33. The van der Waals surface area contributed by atoms with Gasteiger partial charge in [0.1, 0.15) is 5.76 Å². The van der Waals surface area contributed by atoms with Gasteiger partial charge in [0.05, 0.1) is 15.9 Å². The Morgan fingerprint density at radius 3 is 2.52 bits per heavy atom. The van der Waals surface area contributed by atoms with Crippen molar-refractivity contribution in [2.75, 3.05) is 36.8 Å². The van der Waals surface area contributed by atoms with Crippen LogP contribution in [0.3, 0.4) is 0 Å². The van der Waals surface area contributed by atoms with E-state index in [4.69, 9.17) is 9.51 Å². The van der Waals surface area contributed by atoms with E-state index in [1.807, 2.05) is 51.2 Å². The average molecular weight is 636 g/mol.